The molecule has 7 aliphatic rings. The summed E-state index contributed by atoms with van der Waals surface area (Å²) in [5, 5.41) is 140. The molecule has 4 aliphatic carbocycles. The van der Waals surface area contributed by atoms with Crippen LogP contribution >= 0.6 is 0 Å². The molecule has 2 saturated heterocycles. The Kier molecular flexibility index (Phi) is 32.5. The van der Waals surface area contributed by atoms with Gasteiger partial charge in [0.15, 0.2) is 12.1 Å². The van der Waals surface area contributed by atoms with Gasteiger partial charge in [-0.05, 0) is 161 Å². The van der Waals surface area contributed by atoms with E-state index in [4.69, 9.17) is 24.7 Å². The van der Waals surface area contributed by atoms with Crippen LogP contribution in [0.25, 0.3) is 0 Å². The molecule has 0 aromatic heterocycles. The molecule has 0 aromatic rings. The average Bonchev–Trinajstić information content (AvgIpc) is 1.40. The Balaban J connectivity index is 0.000000454. The van der Waals surface area contributed by atoms with E-state index in [0.29, 0.717) is 41.9 Å². The predicted molar refractivity (Wildman–Crippen MR) is 346 cm³/mol. The number of carbonyl (C=O) groups is 3. The summed E-state index contributed by atoms with van der Waals surface area (Å²) in [6, 6.07) is -1.14. The number of aliphatic hydroxyl groups is 11. The molecular weight excluding hydrogens is 1220 g/mol. The van der Waals surface area contributed by atoms with E-state index in [0.717, 1.165) is 32.1 Å². The van der Waals surface area contributed by atoms with Gasteiger partial charge in [0.2, 0.25) is 0 Å². The van der Waals surface area contributed by atoms with Crippen molar-refractivity contribution in [3.8, 4) is 0 Å². The maximum absolute atomic E-state index is 12.7. The van der Waals surface area contributed by atoms with Gasteiger partial charge in [-0.3, -0.25) is 9.59 Å². The summed E-state index contributed by atoms with van der Waals surface area (Å²) in [5.74, 6) is -3.46. The summed E-state index contributed by atoms with van der Waals surface area (Å²) in [5.41, 5.74) is 6.21. The number of hydrogen-bond acceptors (Lipinski definition) is 20. The Morgan fingerprint density at radius 1 is 0.660 bits per heavy atom. The molecule has 14 N–H and O–H groups in total. The fourth-order valence-corrected chi connectivity index (χ4v) is 16.9. The Morgan fingerprint density at radius 2 is 1.27 bits per heavy atom. The molecule has 528 valence electrons. The Hall–Kier alpha value is -3.01. The Labute approximate surface area is 579 Å². The first-order valence-corrected chi connectivity index (χ1v) is 34.4. The van der Waals surface area contributed by atoms with E-state index in [2.05, 4.69) is 40.7 Å². The van der Waals surface area contributed by atoms with Crippen LogP contribution in [0, 0.1) is 70.0 Å². The summed E-state index contributed by atoms with van der Waals surface area (Å²) < 4.78 is 23.3. The van der Waals surface area contributed by atoms with Gasteiger partial charge >= 0.3 is 41.5 Å². The number of aliphatic carboxylic acids is 2. The van der Waals surface area contributed by atoms with Crippen LogP contribution in [0.3, 0.4) is 0 Å². The SMILES string of the molecule is C[C@@H]1[C@H](C)[C@@H](C)/C=C/C=C/C=C/C=C/C=C/C=C/C=C/[C@H](O[C@@H]2O[C@H](C)[C@@H](O)[C@H](N)[C@@H]2O)C[C@@H]2O[C@](O)(C[C@@H](O)C[C@@H](O)[C@H](O)CC[C@@H](O)C[C@@H](O)CC(=O)O[C@H]1C)C[C@H](O)[C@H]2C(=O)O.C[C@H](CCC(=O)[O-])[C@H]1CC[C@H]2[C@@H]3CC[C@@H]4C[C@H](O)CC[C@]4(C)[C@H]3C[C@H](O)[C@]12C.[Na+]. The van der Waals surface area contributed by atoms with Crippen molar-refractivity contribution in [2.24, 2.45) is 75.7 Å². The second kappa shape index (κ2) is 37.4. The van der Waals surface area contributed by atoms with Crippen LogP contribution in [0.1, 0.15) is 171 Å². The minimum atomic E-state index is -2.31. The number of allylic oxidation sites excluding steroid dienone is 13. The zero-order valence-electron chi connectivity index (χ0n) is 57.0. The van der Waals surface area contributed by atoms with Gasteiger partial charge < -0.3 is 95.9 Å². The zero-order valence-corrected chi connectivity index (χ0v) is 59.0. The summed E-state index contributed by atoms with van der Waals surface area (Å²) in [7, 11) is 0. The Morgan fingerprint density at radius 3 is 1.88 bits per heavy atom. The number of rotatable bonds is 7. The van der Waals surface area contributed by atoms with Crippen molar-refractivity contribution in [3.05, 3.63) is 85.1 Å². The van der Waals surface area contributed by atoms with Crippen LogP contribution in [0.5, 0.6) is 0 Å². The number of cyclic esters (lactones) is 1. The van der Waals surface area contributed by atoms with Crippen molar-refractivity contribution in [1.29, 1.82) is 0 Å². The van der Waals surface area contributed by atoms with Gasteiger partial charge in [-0.15, -0.1) is 0 Å². The standard InChI is InChI=1S/C48H75NO16.C24H40O4.Na/c1-28-18-16-14-12-10-8-6-7-9-11-13-15-17-19-36(64-47-45(58)43(49)44(57)32(5)63-47)25-40-42(46(59)60)39(55)27-48(61,65-40)26-35(52)23-38(54)37(53)21-20-33(50)22-34(51)24-41(56)62-31(4)30(3)29(28)2;1-14(4-9-22(27)28)18-7-8-19-17-6-5-15-12-16(25)10-11-23(15,2)20(17)13-21(26)24(18,19)3;/h6-19,28-40,42-45,47,50-55,57-58,61H,20-27,49H2,1-5H3,(H,59,60);14-21,25-26H,4-13H2,1-3H3,(H,27,28);/q;;+1/p-1/b7-6+,10-8+,11-9+,14-12+,15-13+,18-16+,19-17+;;/t28-,29+,30+,31-,32+,33+,34+,35-,36-,37+,38+,39-,40-,42+,43-,44+,45-,47-,48+;14-,15-,16-,17+,18-,19+,20+,21+,23+,24-;/m01./s1. The summed E-state index contributed by atoms with van der Waals surface area (Å²) in [6.45, 7) is 16.4. The number of ether oxygens (including phenoxy) is 4. The van der Waals surface area contributed by atoms with E-state index >= 15 is 0 Å². The van der Waals surface area contributed by atoms with Crippen LogP contribution in [0.4, 0.5) is 0 Å². The molecular formula is C72H114NNaO20. The summed E-state index contributed by atoms with van der Waals surface area (Å²) in [6.07, 6.45) is 14.9. The molecule has 29 atom stereocenters. The maximum Gasteiger partial charge on any atom is 1.00 e. The third kappa shape index (κ3) is 22.0. The molecule has 0 radical (unpaired) electrons. The molecule has 22 heteroatoms. The summed E-state index contributed by atoms with van der Waals surface area (Å²) >= 11 is 0. The first-order chi connectivity index (χ1) is 43.8. The smallest absolute Gasteiger partial charge is 0.550 e. The van der Waals surface area contributed by atoms with E-state index in [-0.39, 0.29) is 109 Å². The van der Waals surface area contributed by atoms with Gasteiger partial charge in [0, 0.05) is 31.7 Å². The van der Waals surface area contributed by atoms with E-state index in [1.54, 1.807) is 37.3 Å². The van der Waals surface area contributed by atoms with Gasteiger partial charge in [0.1, 0.15) is 18.1 Å². The van der Waals surface area contributed by atoms with Gasteiger partial charge in [-0.2, -0.15) is 0 Å². The van der Waals surface area contributed by atoms with Gasteiger partial charge in [-0.25, -0.2) is 0 Å². The maximum atomic E-state index is 12.7. The second-order valence-corrected chi connectivity index (χ2v) is 29.2. The molecule has 0 aromatic carbocycles. The number of carbonyl (C=O) groups excluding carboxylic acids is 2. The molecule has 3 aliphatic heterocycles. The number of carboxylic acid groups (broad SMARTS) is 2. The molecule has 0 unspecified atom stereocenters. The molecule has 6 fully saturated rings. The minimum Gasteiger partial charge on any atom is -0.550 e. The fourth-order valence-electron chi connectivity index (χ4n) is 16.9. The first-order valence-electron chi connectivity index (χ1n) is 34.4. The molecule has 94 heavy (non-hydrogen) atoms. The van der Waals surface area contributed by atoms with E-state index < -0.39 is 134 Å². The molecule has 2 bridgehead atoms. The van der Waals surface area contributed by atoms with Crippen LogP contribution in [0.15, 0.2) is 85.1 Å². The predicted octanol–water partition coefficient (Wildman–Crippen LogP) is 2.13. The monoisotopic (exact) mass is 1340 g/mol. The van der Waals surface area contributed by atoms with Gasteiger partial charge in [-0.1, -0.05) is 127 Å². The normalized spacial score (nSPS) is 46.9. The van der Waals surface area contributed by atoms with Crippen LogP contribution < -0.4 is 40.4 Å². The van der Waals surface area contributed by atoms with Gasteiger partial charge in [0.05, 0.1) is 85.7 Å². The number of aliphatic hydroxyl groups excluding tert-OH is 10. The van der Waals surface area contributed by atoms with E-state index in [1.165, 1.54) is 32.3 Å². The fraction of sp³-hybridized carbons (Fsp3) is 0.764. The van der Waals surface area contributed by atoms with E-state index in [1.807, 2.05) is 49.5 Å². The number of nitrogens with two attached hydrogens (primary N) is 1. The molecule has 3 heterocycles. The number of hydrogen-bond donors (Lipinski definition) is 13. The average molecular weight is 1340 g/mol. The van der Waals surface area contributed by atoms with Crippen LogP contribution in [0.2, 0.25) is 0 Å². The van der Waals surface area contributed by atoms with Crippen molar-refractivity contribution in [2.45, 2.75) is 275 Å². The Bertz CT molecular complexity index is 2580. The largest absolute Gasteiger partial charge is 1.00 e. The number of fused-ring (bicyclic) bond motifs is 7. The summed E-state index contributed by atoms with van der Waals surface area (Å²) in [4.78, 5) is 36.1. The third-order valence-electron chi connectivity index (χ3n) is 22.9. The third-order valence-corrected chi connectivity index (χ3v) is 22.9. The number of carboxylic acids is 2. The zero-order chi connectivity index (χ0) is 68.7. The van der Waals surface area contributed by atoms with Crippen molar-refractivity contribution >= 4 is 17.9 Å². The van der Waals surface area contributed by atoms with E-state index in [9.17, 15) is 80.8 Å². The van der Waals surface area contributed by atoms with Crippen LogP contribution in [-0.4, -0.2) is 183 Å². The van der Waals surface area contributed by atoms with Crippen LogP contribution in [-0.2, 0) is 33.3 Å². The van der Waals surface area contributed by atoms with Crippen molar-refractivity contribution in [2.75, 3.05) is 0 Å². The van der Waals surface area contributed by atoms with Crippen molar-refractivity contribution in [3.63, 3.8) is 0 Å². The minimum absolute atomic E-state index is 0. The molecule has 0 amide bonds. The number of esters is 1. The molecule has 21 nitrogen and oxygen atoms in total. The quantitative estimate of drug-likeness (QED) is 0.128. The molecule has 7 rings (SSSR count). The second-order valence-electron chi connectivity index (χ2n) is 29.2. The molecule has 4 saturated carbocycles. The van der Waals surface area contributed by atoms with Crippen molar-refractivity contribution < 1.29 is 129 Å². The van der Waals surface area contributed by atoms with Gasteiger partial charge in [0.25, 0.3) is 0 Å². The topological polar surface area (TPSA) is 380 Å². The molecule has 0 spiro atoms. The van der Waals surface area contributed by atoms with Crippen molar-refractivity contribution in [1.82, 2.24) is 0 Å². The first kappa shape index (κ1) is 81.7.